The van der Waals surface area contributed by atoms with E-state index < -0.39 is 0 Å². The van der Waals surface area contributed by atoms with Crippen LogP contribution in [0.3, 0.4) is 0 Å². The Balaban J connectivity index is 2.21. The lowest BCUT2D eigenvalue weighted by atomic mass is 10.1. The maximum absolute atomic E-state index is 5.33. The van der Waals surface area contributed by atoms with E-state index in [1.165, 1.54) is 6.42 Å². The minimum absolute atomic E-state index is 0.646. The predicted molar refractivity (Wildman–Crippen MR) is 54.9 cm³/mol. The summed E-state index contributed by atoms with van der Waals surface area (Å²) < 4.78 is 5.33. The van der Waals surface area contributed by atoms with Gasteiger partial charge in [-0.05, 0) is 25.1 Å². The Kier molecular flexibility index (Phi) is 4.40. The molecule has 0 aromatic heterocycles. The largest absolute Gasteiger partial charge is 0.380 e. The summed E-state index contributed by atoms with van der Waals surface area (Å²) in [7, 11) is 2.18. The molecule has 1 fully saturated rings. The molecular formula is C9H19NOS. The Hall–Kier alpha value is 0.270. The van der Waals surface area contributed by atoms with E-state index in [1.54, 1.807) is 0 Å². The first-order valence-electron chi connectivity index (χ1n) is 4.63. The van der Waals surface area contributed by atoms with Crippen LogP contribution in [0.15, 0.2) is 0 Å². The monoisotopic (exact) mass is 189 g/mol. The SMILES string of the molecule is CC(CS)CN(C)C1CCOC1. The van der Waals surface area contributed by atoms with Crippen LogP contribution in [0.1, 0.15) is 13.3 Å². The molecule has 3 heteroatoms. The van der Waals surface area contributed by atoms with Crippen molar-refractivity contribution in [2.24, 2.45) is 5.92 Å². The molecule has 1 saturated heterocycles. The smallest absolute Gasteiger partial charge is 0.0622 e. The molecule has 0 saturated carbocycles. The van der Waals surface area contributed by atoms with Crippen LogP contribution in [0.2, 0.25) is 0 Å². The maximum atomic E-state index is 5.33. The number of thiol groups is 1. The van der Waals surface area contributed by atoms with Crippen molar-refractivity contribution < 1.29 is 4.74 Å². The van der Waals surface area contributed by atoms with Gasteiger partial charge >= 0.3 is 0 Å². The Morgan fingerprint density at radius 1 is 1.67 bits per heavy atom. The van der Waals surface area contributed by atoms with Crippen molar-refractivity contribution in [3.63, 3.8) is 0 Å². The molecule has 0 N–H and O–H groups in total. The normalized spacial score (nSPS) is 26.5. The van der Waals surface area contributed by atoms with Crippen molar-refractivity contribution >= 4 is 12.6 Å². The van der Waals surface area contributed by atoms with Crippen LogP contribution in [-0.2, 0) is 4.74 Å². The number of hydrogen-bond acceptors (Lipinski definition) is 3. The van der Waals surface area contributed by atoms with E-state index in [2.05, 4.69) is 31.5 Å². The van der Waals surface area contributed by atoms with Gasteiger partial charge in [-0.1, -0.05) is 6.92 Å². The van der Waals surface area contributed by atoms with E-state index >= 15 is 0 Å². The van der Waals surface area contributed by atoms with Gasteiger partial charge in [0.25, 0.3) is 0 Å². The number of nitrogens with zero attached hydrogens (tertiary/aromatic N) is 1. The molecule has 1 heterocycles. The fraction of sp³-hybridized carbons (Fsp3) is 1.00. The molecule has 0 bridgehead atoms. The second-order valence-corrected chi connectivity index (χ2v) is 4.11. The van der Waals surface area contributed by atoms with Crippen LogP contribution in [0.25, 0.3) is 0 Å². The molecule has 0 aromatic rings. The zero-order valence-electron chi connectivity index (χ0n) is 7.99. The third-order valence-corrected chi connectivity index (χ3v) is 3.06. The van der Waals surface area contributed by atoms with Crippen molar-refractivity contribution in [2.75, 3.05) is 32.6 Å². The molecule has 0 aliphatic carbocycles. The quantitative estimate of drug-likeness (QED) is 0.669. The van der Waals surface area contributed by atoms with Gasteiger partial charge in [-0.3, -0.25) is 0 Å². The Bertz CT molecular complexity index is 126. The van der Waals surface area contributed by atoms with Crippen LogP contribution >= 0.6 is 12.6 Å². The zero-order chi connectivity index (χ0) is 8.97. The van der Waals surface area contributed by atoms with E-state index in [0.717, 1.165) is 25.5 Å². The molecule has 2 unspecified atom stereocenters. The first-order chi connectivity index (χ1) is 5.74. The Morgan fingerprint density at radius 3 is 2.92 bits per heavy atom. The topological polar surface area (TPSA) is 12.5 Å². The average Bonchev–Trinajstić information content (AvgIpc) is 2.56. The summed E-state index contributed by atoms with van der Waals surface area (Å²) in [5, 5.41) is 0. The number of rotatable bonds is 4. The van der Waals surface area contributed by atoms with E-state index in [4.69, 9.17) is 4.74 Å². The fourth-order valence-corrected chi connectivity index (χ4v) is 1.68. The van der Waals surface area contributed by atoms with Crippen LogP contribution in [-0.4, -0.2) is 43.5 Å². The molecular weight excluding hydrogens is 170 g/mol. The second kappa shape index (κ2) is 5.10. The molecule has 72 valence electrons. The Morgan fingerprint density at radius 2 is 2.42 bits per heavy atom. The van der Waals surface area contributed by atoms with E-state index in [1.807, 2.05) is 0 Å². The van der Waals surface area contributed by atoms with Gasteiger partial charge in [0.1, 0.15) is 0 Å². The highest BCUT2D eigenvalue weighted by molar-refractivity contribution is 7.80. The molecule has 12 heavy (non-hydrogen) atoms. The fourth-order valence-electron chi connectivity index (χ4n) is 1.57. The van der Waals surface area contributed by atoms with E-state index in [9.17, 15) is 0 Å². The van der Waals surface area contributed by atoms with Crippen LogP contribution in [0.4, 0.5) is 0 Å². The molecule has 0 spiro atoms. The summed E-state index contributed by atoms with van der Waals surface area (Å²) in [4.78, 5) is 2.40. The maximum Gasteiger partial charge on any atom is 0.0622 e. The number of likely N-dealkylation sites (N-methyl/N-ethyl adjacent to an activating group) is 1. The summed E-state index contributed by atoms with van der Waals surface area (Å²) in [6.07, 6.45) is 1.19. The summed E-state index contributed by atoms with van der Waals surface area (Å²) in [5.41, 5.74) is 0. The highest BCUT2D eigenvalue weighted by atomic mass is 32.1. The standard InChI is InChI=1S/C9H19NOS/c1-8(7-12)5-10(2)9-3-4-11-6-9/h8-9,12H,3-7H2,1-2H3. The minimum Gasteiger partial charge on any atom is -0.380 e. The average molecular weight is 189 g/mol. The molecule has 1 aliphatic rings. The van der Waals surface area contributed by atoms with Crippen molar-refractivity contribution in [1.82, 2.24) is 4.90 Å². The highest BCUT2D eigenvalue weighted by Gasteiger charge is 2.20. The first kappa shape index (κ1) is 10.4. The molecule has 2 atom stereocenters. The van der Waals surface area contributed by atoms with Crippen molar-refractivity contribution in [3.8, 4) is 0 Å². The lowest BCUT2D eigenvalue weighted by Gasteiger charge is -2.25. The van der Waals surface area contributed by atoms with Gasteiger partial charge in [0.15, 0.2) is 0 Å². The molecule has 0 aromatic carbocycles. The van der Waals surface area contributed by atoms with E-state index in [-0.39, 0.29) is 0 Å². The summed E-state index contributed by atoms with van der Waals surface area (Å²) in [5.74, 6) is 1.65. The summed E-state index contributed by atoms with van der Waals surface area (Å²) in [6, 6.07) is 0.646. The Labute approximate surface area is 80.7 Å². The van der Waals surface area contributed by atoms with E-state index in [0.29, 0.717) is 12.0 Å². The van der Waals surface area contributed by atoms with Crippen molar-refractivity contribution in [3.05, 3.63) is 0 Å². The van der Waals surface area contributed by atoms with Gasteiger partial charge in [0.05, 0.1) is 6.61 Å². The van der Waals surface area contributed by atoms with Gasteiger partial charge in [0, 0.05) is 19.2 Å². The van der Waals surface area contributed by atoms with Gasteiger partial charge in [-0.2, -0.15) is 12.6 Å². The van der Waals surface area contributed by atoms with Gasteiger partial charge < -0.3 is 9.64 Å². The molecule has 1 rings (SSSR count). The number of hydrogen-bond donors (Lipinski definition) is 1. The van der Waals surface area contributed by atoms with Crippen LogP contribution in [0, 0.1) is 5.92 Å². The lowest BCUT2D eigenvalue weighted by molar-refractivity contribution is 0.153. The molecule has 2 nitrogen and oxygen atoms in total. The minimum atomic E-state index is 0.646. The zero-order valence-corrected chi connectivity index (χ0v) is 8.89. The summed E-state index contributed by atoms with van der Waals surface area (Å²) in [6.45, 7) is 5.22. The van der Waals surface area contributed by atoms with Crippen LogP contribution < -0.4 is 0 Å². The van der Waals surface area contributed by atoms with Crippen molar-refractivity contribution in [1.29, 1.82) is 0 Å². The first-order valence-corrected chi connectivity index (χ1v) is 5.26. The summed E-state index contributed by atoms with van der Waals surface area (Å²) >= 11 is 4.27. The number of ether oxygens (including phenoxy) is 1. The molecule has 1 aliphatic heterocycles. The third-order valence-electron chi connectivity index (χ3n) is 2.44. The lowest BCUT2D eigenvalue weighted by Crippen LogP contribution is -2.35. The van der Waals surface area contributed by atoms with Gasteiger partial charge in [-0.15, -0.1) is 0 Å². The van der Waals surface area contributed by atoms with Crippen LogP contribution in [0.5, 0.6) is 0 Å². The van der Waals surface area contributed by atoms with Gasteiger partial charge in [-0.25, -0.2) is 0 Å². The molecule has 0 amide bonds. The van der Waals surface area contributed by atoms with Crippen molar-refractivity contribution in [2.45, 2.75) is 19.4 Å². The highest BCUT2D eigenvalue weighted by Crippen LogP contribution is 2.12. The van der Waals surface area contributed by atoms with Gasteiger partial charge in [0.2, 0.25) is 0 Å². The second-order valence-electron chi connectivity index (χ2n) is 3.74. The molecule has 0 radical (unpaired) electrons. The third kappa shape index (κ3) is 2.96. The predicted octanol–water partition coefficient (Wildman–Crippen LogP) is 1.27.